The molecule has 0 heterocycles. The third-order valence-electron chi connectivity index (χ3n) is 2.46. The third-order valence-corrected chi connectivity index (χ3v) is 2.46. The number of hydrogen-bond donors (Lipinski definition) is 1. The number of rotatable bonds is 7. The van der Waals surface area contributed by atoms with Crippen LogP contribution in [-0.4, -0.2) is 29.8 Å². The highest BCUT2D eigenvalue weighted by molar-refractivity contribution is 5.88. The quantitative estimate of drug-likeness (QED) is 0.767. The van der Waals surface area contributed by atoms with Crippen molar-refractivity contribution in [3.63, 3.8) is 0 Å². The number of carbonyl (C=O) groups is 2. The zero-order valence-electron chi connectivity index (χ0n) is 11.1. The van der Waals surface area contributed by atoms with Crippen LogP contribution in [-0.2, 0) is 9.53 Å². The van der Waals surface area contributed by atoms with Crippen LogP contribution in [0.5, 0.6) is 5.75 Å². The lowest BCUT2D eigenvalue weighted by Crippen LogP contribution is -2.29. The van der Waals surface area contributed by atoms with E-state index in [9.17, 15) is 9.59 Å². The molecular weight excluding hydrogens is 248 g/mol. The Morgan fingerprint density at radius 2 is 2.05 bits per heavy atom. The summed E-state index contributed by atoms with van der Waals surface area (Å²) < 4.78 is 10.4. The van der Waals surface area contributed by atoms with Gasteiger partial charge in [0.25, 0.3) is 0 Å². The molecule has 0 bridgehead atoms. The van der Waals surface area contributed by atoms with Gasteiger partial charge >= 0.3 is 11.9 Å². The fourth-order valence-electron chi connectivity index (χ4n) is 1.59. The van der Waals surface area contributed by atoms with Crippen molar-refractivity contribution >= 4 is 11.9 Å². The second-order valence-electron chi connectivity index (χ2n) is 3.98. The molecule has 0 aliphatic heterocycles. The summed E-state index contributed by atoms with van der Waals surface area (Å²) in [4.78, 5) is 22.5. The summed E-state index contributed by atoms with van der Waals surface area (Å²) in [5, 5.41) is 8.89. The van der Waals surface area contributed by atoms with Gasteiger partial charge in [0.05, 0.1) is 12.2 Å². The first-order chi connectivity index (χ1) is 9.08. The first-order valence-corrected chi connectivity index (χ1v) is 6.25. The van der Waals surface area contributed by atoms with Gasteiger partial charge in [0, 0.05) is 0 Å². The molecular formula is C14H18O5. The molecule has 1 aromatic carbocycles. The number of benzene rings is 1. The SMILES string of the molecule is CCCC(Oc1cccc(C(=O)O)c1)C(=O)OCC. The molecule has 1 atom stereocenters. The summed E-state index contributed by atoms with van der Waals surface area (Å²) in [6.07, 6.45) is 0.590. The third kappa shape index (κ3) is 4.62. The van der Waals surface area contributed by atoms with Crippen LogP contribution in [0.2, 0.25) is 0 Å². The fraction of sp³-hybridized carbons (Fsp3) is 0.429. The largest absolute Gasteiger partial charge is 0.479 e. The van der Waals surface area contributed by atoms with Crippen molar-refractivity contribution in [3.8, 4) is 5.75 Å². The summed E-state index contributed by atoms with van der Waals surface area (Å²) in [5.74, 6) is -1.11. The zero-order chi connectivity index (χ0) is 14.3. The van der Waals surface area contributed by atoms with E-state index in [2.05, 4.69) is 0 Å². The highest BCUT2D eigenvalue weighted by atomic mass is 16.6. The standard InChI is InChI=1S/C14H18O5/c1-3-6-12(14(17)18-4-2)19-11-8-5-7-10(9-11)13(15)16/h5,7-9,12H,3-4,6H2,1-2H3,(H,15,16). The summed E-state index contributed by atoms with van der Waals surface area (Å²) in [5.41, 5.74) is 0.122. The van der Waals surface area contributed by atoms with E-state index >= 15 is 0 Å². The minimum Gasteiger partial charge on any atom is -0.479 e. The normalized spacial score (nSPS) is 11.7. The van der Waals surface area contributed by atoms with Gasteiger partial charge < -0.3 is 14.6 Å². The van der Waals surface area contributed by atoms with Crippen LogP contribution >= 0.6 is 0 Å². The van der Waals surface area contributed by atoms with E-state index in [1.54, 1.807) is 19.1 Å². The average molecular weight is 266 g/mol. The minimum absolute atomic E-state index is 0.122. The lowest BCUT2D eigenvalue weighted by atomic mass is 10.2. The van der Waals surface area contributed by atoms with E-state index in [1.807, 2.05) is 6.92 Å². The Balaban J connectivity index is 2.81. The molecule has 1 rings (SSSR count). The fourth-order valence-corrected chi connectivity index (χ4v) is 1.59. The molecule has 0 fully saturated rings. The minimum atomic E-state index is -1.03. The van der Waals surface area contributed by atoms with E-state index < -0.39 is 18.0 Å². The first kappa shape index (κ1) is 15.0. The van der Waals surface area contributed by atoms with Crippen LogP contribution in [0.25, 0.3) is 0 Å². The topological polar surface area (TPSA) is 72.8 Å². The summed E-state index contributed by atoms with van der Waals surface area (Å²) in [7, 11) is 0. The van der Waals surface area contributed by atoms with Crippen LogP contribution in [0.15, 0.2) is 24.3 Å². The van der Waals surface area contributed by atoms with Crippen molar-refractivity contribution < 1.29 is 24.2 Å². The summed E-state index contributed by atoms with van der Waals surface area (Å²) in [6, 6.07) is 6.06. The van der Waals surface area contributed by atoms with Gasteiger partial charge in [-0.1, -0.05) is 19.4 Å². The highest BCUT2D eigenvalue weighted by Crippen LogP contribution is 2.17. The van der Waals surface area contributed by atoms with Crippen molar-refractivity contribution in [1.82, 2.24) is 0 Å². The van der Waals surface area contributed by atoms with Crippen molar-refractivity contribution in [2.75, 3.05) is 6.61 Å². The molecule has 0 aliphatic carbocycles. The van der Waals surface area contributed by atoms with Gasteiger partial charge in [-0.3, -0.25) is 0 Å². The lowest BCUT2D eigenvalue weighted by molar-refractivity contribution is -0.151. The van der Waals surface area contributed by atoms with Crippen molar-refractivity contribution in [2.24, 2.45) is 0 Å². The Labute approximate surface area is 112 Å². The Bertz CT molecular complexity index is 441. The number of hydrogen-bond acceptors (Lipinski definition) is 4. The van der Waals surface area contributed by atoms with Crippen LogP contribution < -0.4 is 4.74 Å². The predicted octanol–water partition coefficient (Wildman–Crippen LogP) is 2.50. The van der Waals surface area contributed by atoms with E-state index in [4.69, 9.17) is 14.6 Å². The number of aromatic carboxylic acids is 1. The van der Waals surface area contributed by atoms with Crippen molar-refractivity contribution in [3.05, 3.63) is 29.8 Å². The molecule has 0 spiro atoms. The highest BCUT2D eigenvalue weighted by Gasteiger charge is 2.21. The number of carboxylic acids is 1. The predicted molar refractivity (Wildman–Crippen MR) is 69.4 cm³/mol. The maximum absolute atomic E-state index is 11.7. The van der Waals surface area contributed by atoms with E-state index in [-0.39, 0.29) is 12.2 Å². The molecule has 0 amide bonds. The van der Waals surface area contributed by atoms with Gasteiger partial charge in [0.2, 0.25) is 0 Å². The maximum atomic E-state index is 11.7. The molecule has 104 valence electrons. The molecule has 1 N–H and O–H groups in total. The second kappa shape index (κ2) is 7.41. The van der Waals surface area contributed by atoms with Crippen molar-refractivity contribution in [2.45, 2.75) is 32.8 Å². The van der Waals surface area contributed by atoms with E-state index in [0.717, 1.165) is 6.42 Å². The molecule has 0 saturated heterocycles. The van der Waals surface area contributed by atoms with Gasteiger partial charge in [0.1, 0.15) is 5.75 Å². The summed E-state index contributed by atoms with van der Waals surface area (Å²) in [6.45, 7) is 3.95. The molecule has 5 heteroatoms. The molecule has 5 nitrogen and oxygen atoms in total. The number of carboxylic acid groups (broad SMARTS) is 1. The molecule has 0 aromatic heterocycles. The van der Waals surface area contributed by atoms with Crippen molar-refractivity contribution in [1.29, 1.82) is 0 Å². The lowest BCUT2D eigenvalue weighted by Gasteiger charge is -2.17. The Morgan fingerprint density at radius 1 is 1.32 bits per heavy atom. The van der Waals surface area contributed by atoms with Crippen LogP contribution in [0.3, 0.4) is 0 Å². The first-order valence-electron chi connectivity index (χ1n) is 6.25. The van der Waals surface area contributed by atoms with Crippen LogP contribution in [0, 0.1) is 0 Å². The second-order valence-corrected chi connectivity index (χ2v) is 3.98. The Morgan fingerprint density at radius 3 is 2.63 bits per heavy atom. The molecule has 1 unspecified atom stereocenters. The smallest absolute Gasteiger partial charge is 0.347 e. The Kier molecular flexibility index (Phi) is 5.85. The molecule has 19 heavy (non-hydrogen) atoms. The van der Waals surface area contributed by atoms with Gasteiger partial charge in [-0.05, 0) is 31.5 Å². The van der Waals surface area contributed by atoms with Crippen LogP contribution in [0.4, 0.5) is 0 Å². The summed E-state index contributed by atoms with van der Waals surface area (Å²) >= 11 is 0. The van der Waals surface area contributed by atoms with Gasteiger partial charge in [-0.15, -0.1) is 0 Å². The van der Waals surface area contributed by atoms with Gasteiger partial charge in [-0.2, -0.15) is 0 Å². The van der Waals surface area contributed by atoms with Gasteiger partial charge in [-0.25, -0.2) is 9.59 Å². The van der Waals surface area contributed by atoms with E-state index in [1.165, 1.54) is 12.1 Å². The maximum Gasteiger partial charge on any atom is 0.347 e. The number of carbonyl (C=O) groups excluding carboxylic acids is 1. The van der Waals surface area contributed by atoms with E-state index in [0.29, 0.717) is 12.2 Å². The molecule has 0 radical (unpaired) electrons. The monoisotopic (exact) mass is 266 g/mol. The van der Waals surface area contributed by atoms with Crippen LogP contribution in [0.1, 0.15) is 37.0 Å². The average Bonchev–Trinajstić information content (AvgIpc) is 2.39. The number of esters is 1. The number of ether oxygens (including phenoxy) is 2. The molecule has 1 aromatic rings. The van der Waals surface area contributed by atoms with Gasteiger partial charge in [0.15, 0.2) is 6.10 Å². The molecule has 0 saturated carbocycles. The Hall–Kier alpha value is -2.04. The zero-order valence-corrected chi connectivity index (χ0v) is 11.1. The molecule has 0 aliphatic rings.